The van der Waals surface area contributed by atoms with E-state index in [9.17, 15) is 4.79 Å². The zero-order valence-electron chi connectivity index (χ0n) is 18.1. The zero-order valence-corrected chi connectivity index (χ0v) is 18.1. The Morgan fingerprint density at radius 1 is 0.897 bits per heavy atom. The summed E-state index contributed by atoms with van der Waals surface area (Å²) in [5.41, 5.74) is 8.79. The molecule has 0 bridgehead atoms. The van der Waals surface area contributed by atoms with Gasteiger partial charge in [0.1, 0.15) is 11.5 Å². The largest absolute Gasteiger partial charge is 0.496 e. The molecule has 2 aromatic carbocycles. The van der Waals surface area contributed by atoms with E-state index in [1.807, 2.05) is 30.3 Å². The van der Waals surface area contributed by atoms with Gasteiger partial charge in [0.25, 0.3) is 5.91 Å². The van der Waals surface area contributed by atoms with Crippen molar-refractivity contribution in [2.24, 2.45) is 0 Å². The smallest absolute Gasteiger partial charge is 0.287 e. The average Bonchev–Trinajstić information content (AvgIpc) is 3.21. The number of methoxy groups -OCH3 is 1. The minimum atomic E-state index is -0.230. The van der Waals surface area contributed by atoms with Crippen molar-refractivity contribution >= 4 is 5.91 Å². The molecular weight excluding hydrogens is 362 g/mol. The lowest BCUT2D eigenvalue weighted by atomic mass is 9.88. The van der Waals surface area contributed by atoms with Gasteiger partial charge in [-0.15, -0.1) is 0 Å². The number of ether oxygens (including phenoxy) is 1. The fourth-order valence-corrected chi connectivity index (χ4v) is 3.72. The Kier molecular flexibility index (Phi) is 6.12. The quantitative estimate of drug-likeness (QED) is 0.616. The number of furan rings is 1. The molecule has 0 unspecified atom stereocenters. The number of carbonyl (C=O) groups excluding carboxylic acids is 1. The monoisotopic (exact) mass is 391 g/mol. The number of para-hydroxylation sites is 1. The van der Waals surface area contributed by atoms with Crippen molar-refractivity contribution < 1.29 is 13.9 Å². The lowest BCUT2D eigenvalue weighted by Gasteiger charge is -2.18. The third-order valence-corrected chi connectivity index (χ3v) is 6.02. The van der Waals surface area contributed by atoms with E-state index in [1.54, 1.807) is 13.2 Å². The fourth-order valence-electron chi connectivity index (χ4n) is 3.72. The molecule has 0 aliphatic carbocycles. The first-order valence-corrected chi connectivity index (χ1v) is 9.88. The molecule has 3 aromatic rings. The van der Waals surface area contributed by atoms with Gasteiger partial charge in [0.05, 0.1) is 7.11 Å². The second-order valence-corrected chi connectivity index (χ2v) is 7.54. The summed E-state index contributed by atoms with van der Waals surface area (Å²) in [5, 5.41) is 2.90. The van der Waals surface area contributed by atoms with E-state index in [2.05, 4.69) is 39.9 Å². The van der Waals surface area contributed by atoms with E-state index in [0.29, 0.717) is 18.7 Å². The van der Waals surface area contributed by atoms with E-state index in [4.69, 9.17) is 9.15 Å². The first-order chi connectivity index (χ1) is 13.8. The number of benzene rings is 2. The van der Waals surface area contributed by atoms with E-state index in [1.165, 1.54) is 33.4 Å². The molecule has 1 heterocycles. The summed E-state index contributed by atoms with van der Waals surface area (Å²) < 4.78 is 11.2. The van der Waals surface area contributed by atoms with Gasteiger partial charge in [-0.25, -0.2) is 0 Å². The molecule has 0 atom stereocenters. The van der Waals surface area contributed by atoms with Crippen LogP contribution in [-0.4, -0.2) is 13.0 Å². The van der Waals surface area contributed by atoms with Gasteiger partial charge in [-0.05, 0) is 86.2 Å². The standard InChI is InChI=1S/C25H29NO3/c1-15-16(2)18(4)22(19(5)17(15)3)13-21-11-12-24(29-21)25(27)26-14-20-9-7-8-10-23(20)28-6/h7-12H,13-14H2,1-6H3,(H,26,27). The van der Waals surface area contributed by atoms with E-state index < -0.39 is 0 Å². The molecule has 4 nitrogen and oxygen atoms in total. The number of carbonyl (C=O) groups is 1. The molecule has 0 spiro atoms. The van der Waals surface area contributed by atoms with Crippen molar-refractivity contribution in [2.75, 3.05) is 7.11 Å². The Labute approximate surface area is 172 Å². The normalized spacial score (nSPS) is 10.8. The van der Waals surface area contributed by atoms with Gasteiger partial charge < -0.3 is 14.5 Å². The van der Waals surface area contributed by atoms with Gasteiger partial charge in [-0.1, -0.05) is 18.2 Å². The van der Waals surface area contributed by atoms with Crippen LogP contribution >= 0.6 is 0 Å². The molecule has 152 valence electrons. The highest BCUT2D eigenvalue weighted by molar-refractivity contribution is 5.91. The third-order valence-electron chi connectivity index (χ3n) is 6.02. The van der Waals surface area contributed by atoms with Gasteiger partial charge >= 0.3 is 0 Å². The molecule has 0 fully saturated rings. The van der Waals surface area contributed by atoms with Crippen molar-refractivity contribution in [3.05, 3.63) is 86.9 Å². The van der Waals surface area contributed by atoms with Gasteiger partial charge in [0.15, 0.2) is 5.76 Å². The van der Waals surface area contributed by atoms with Crippen molar-refractivity contribution in [3.8, 4) is 5.75 Å². The average molecular weight is 392 g/mol. The first kappa shape index (κ1) is 20.7. The topological polar surface area (TPSA) is 51.5 Å². The Morgan fingerprint density at radius 3 is 2.17 bits per heavy atom. The van der Waals surface area contributed by atoms with Gasteiger partial charge in [0.2, 0.25) is 0 Å². The summed E-state index contributed by atoms with van der Waals surface area (Å²) in [4.78, 5) is 12.5. The second kappa shape index (κ2) is 8.56. The summed E-state index contributed by atoms with van der Waals surface area (Å²) in [7, 11) is 1.62. The minimum absolute atomic E-state index is 0.230. The van der Waals surface area contributed by atoms with Gasteiger partial charge in [0, 0.05) is 18.5 Å². The predicted molar refractivity (Wildman–Crippen MR) is 116 cm³/mol. The van der Waals surface area contributed by atoms with Crippen molar-refractivity contribution in [1.29, 1.82) is 0 Å². The summed E-state index contributed by atoms with van der Waals surface area (Å²) in [6.45, 7) is 11.2. The van der Waals surface area contributed by atoms with Crippen LogP contribution in [0.1, 0.15) is 55.3 Å². The summed E-state index contributed by atoms with van der Waals surface area (Å²) in [6, 6.07) is 11.3. The van der Waals surface area contributed by atoms with Crippen molar-refractivity contribution in [1.82, 2.24) is 5.32 Å². The molecule has 0 aliphatic heterocycles. The summed E-state index contributed by atoms with van der Waals surface area (Å²) >= 11 is 0. The summed E-state index contributed by atoms with van der Waals surface area (Å²) in [5.74, 6) is 1.64. The number of amides is 1. The predicted octanol–water partition coefficient (Wildman–Crippen LogP) is 5.35. The molecule has 1 N–H and O–H groups in total. The molecule has 4 heteroatoms. The molecule has 3 rings (SSSR count). The van der Waals surface area contributed by atoms with Crippen LogP contribution in [-0.2, 0) is 13.0 Å². The van der Waals surface area contributed by atoms with Crippen LogP contribution in [0.15, 0.2) is 40.8 Å². The van der Waals surface area contributed by atoms with E-state index in [-0.39, 0.29) is 5.91 Å². The maximum absolute atomic E-state index is 12.5. The number of nitrogens with one attached hydrogen (secondary N) is 1. The number of rotatable bonds is 6. The molecule has 0 saturated heterocycles. The number of hydrogen-bond acceptors (Lipinski definition) is 3. The Hall–Kier alpha value is -3.01. The van der Waals surface area contributed by atoms with Crippen LogP contribution in [0, 0.1) is 34.6 Å². The van der Waals surface area contributed by atoms with Crippen LogP contribution in [0.2, 0.25) is 0 Å². The van der Waals surface area contributed by atoms with E-state index in [0.717, 1.165) is 17.1 Å². The lowest BCUT2D eigenvalue weighted by Crippen LogP contribution is -2.22. The molecule has 1 aromatic heterocycles. The highest BCUT2D eigenvalue weighted by Gasteiger charge is 2.16. The Bertz CT molecular complexity index is 1020. The molecule has 29 heavy (non-hydrogen) atoms. The van der Waals surface area contributed by atoms with Crippen LogP contribution in [0.5, 0.6) is 5.75 Å². The van der Waals surface area contributed by atoms with Crippen molar-refractivity contribution in [2.45, 2.75) is 47.6 Å². The van der Waals surface area contributed by atoms with Gasteiger partial charge in [-0.3, -0.25) is 4.79 Å². The van der Waals surface area contributed by atoms with Crippen LogP contribution in [0.25, 0.3) is 0 Å². The van der Waals surface area contributed by atoms with Gasteiger partial charge in [-0.2, -0.15) is 0 Å². The first-order valence-electron chi connectivity index (χ1n) is 9.88. The van der Waals surface area contributed by atoms with E-state index >= 15 is 0 Å². The Balaban J connectivity index is 1.74. The maximum atomic E-state index is 12.5. The highest BCUT2D eigenvalue weighted by Crippen LogP contribution is 2.28. The van der Waals surface area contributed by atoms with Crippen LogP contribution < -0.4 is 10.1 Å². The Morgan fingerprint density at radius 2 is 1.52 bits per heavy atom. The second-order valence-electron chi connectivity index (χ2n) is 7.54. The maximum Gasteiger partial charge on any atom is 0.287 e. The molecule has 0 saturated carbocycles. The van der Waals surface area contributed by atoms with Crippen molar-refractivity contribution in [3.63, 3.8) is 0 Å². The van der Waals surface area contributed by atoms with Crippen LogP contribution in [0.3, 0.4) is 0 Å². The summed E-state index contributed by atoms with van der Waals surface area (Å²) in [6.07, 6.45) is 0.680. The zero-order chi connectivity index (χ0) is 21.1. The molecule has 0 radical (unpaired) electrons. The molecule has 0 aliphatic rings. The molecular formula is C25H29NO3. The molecule has 1 amide bonds. The highest BCUT2D eigenvalue weighted by atomic mass is 16.5. The fraction of sp³-hybridized carbons (Fsp3) is 0.320. The minimum Gasteiger partial charge on any atom is -0.496 e. The SMILES string of the molecule is COc1ccccc1CNC(=O)c1ccc(Cc2c(C)c(C)c(C)c(C)c2C)o1. The number of hydrogen-bond donors (Lipinski definition) is 1. The lowest BCUT2D eigenvalue weighted by molar-refractivity contribution is 0.0921. The third kappa shape index (κ3) is 4.21. The van der Waals surface area contributed by atoms with Crippen LogP contribution in [0.4, 0.5) is 0 Å².